The van der Waals surface area contributed by atoms with Gasteiger partial charge in [0.15, 0.2) is 8.35 Å². The first-order chi connectivity index (χ1) is 9.29. The molecular formula is C15H41ClSi6. The van der Waals surface area contributed by atoms with Gasteiger partial charge in [0.25, 0.3) is 0 Å². The van der Waals surface area contributed by atoms with Gasteiger partial charge in [0.1, 0.15) is 0 Å². The summed E-state index contributed by atoms with van der Waals surface area (Å²) in [5.41, 5.74) is 0. The molecule has 2 radical (unpaired) electrons. The van der Waals surface area contributed by atoms with Crippen molar-refractivity contribution in [1.82, 2.24) is 0 Å². The van der Waals surface area contributed by atoms with E-state index in [1.54, 1.807) is 0 Å². The molecule has 0 saturated heterocycles. The highest BCUT2D eigenvalue weighted by molar-refractivity contribution is 7.51. The number of hydrogen-bond donors (Lipinski definition) is 0. The number of hydrogen-bond acceptors (Lipinski definition) is 0. The van der Waals surface area contributed by atoms with E-state index in [2.05, 4.69) is 85.1 Å². The highest BCUT2D eigenvalue weighted by atomic mass is 35.6. The van der Waals surface area contributed by atoms with Gasteiger partial charge in [0, 0.05) is 32.3 Å². The van der Waals surface area contributed by atoms with Crippen LogP contribution in [0.2, 0.25) is 94.7 Å². The molecule has 0 aromatic rings. The Balaban J connectivity index is 6.44. The maximum absolute atomic E-state index is 6.90. The van der Waals surface area contributed by atoms with Crippen molar-refractivity contribution in [1.29, 1.82) is 0 Å². The second-order valence-corrected chi connectivity index (χ2v) is 45.8. The van der Waals surface area contributed by atoms with Crippen molar-refractivity contribution in [3.63, 3.8) is 0 Å². The zero-order chi connectivity index (χ0) is 18.4. The molecule has 22 heavy (non-hydrogen) atoms. The summed E-state index contributed by atoms with van der Waals surface area (Å²) in [5.74, 6) is 0. The van der Waals surface area contributed by atoms with Gasteiger partial charge in [-0.1, -0.05) is 94.7 Å². The Morgan fingerprint density at radius 2 is 0.682 bits per heavy atom. The monoisotopic (exact) mass is 424 g/mol. The maximum Gasteiger partial charge on any atom is 0.157 e. The Labute approximate surface area is 153 Å². The Hall–Kier alpha value is 1.59. The maximum atomic E-state index is 6.90. The summed E-state index contributed by atoms with van der Waals surface area (Å²) in [6.45, 7) is 34.3. The van der Waals surface area contributed by atoms with Crippen molar-refractivity contribution in [2.24, 2.45) is 0 Å². The second kappa shape index (κ2) is 7.07. The molecule has 0 aromatic heterocycles. The Morgan fingerprint density at radius 3 is 0.773 bits per heavy atom. The molecule has 0 fully saturated rings. The van der Waals surface area contributed by atoms with Crippen LogP contribution in [0.15, 0.2) is 0 Å². The predicted octanol–water partition coefficient (Wildman–Crippen LogP) is 6.67. The summed E-state index contributed by atoms with van der Waals surface area (Å²) in [6, 6.07) is 0. The van der Waals surface area contributed by atoms with E-state index < -0.39 is 39.9 Å². The molecule has 0 heterocycles. The lowest BCUT2D eigenvalue weighted by Crippen LogP contribution is -2.69. The van der Waals surface area contributed by atoms with Crippen molar-refractivity contribution in [3.8, 4) is 0 Å². The molecule has 0 rings (SSSR count). The summed E-state index contributed by atoms with van der Waals surface area (Å²) < 4.78 is 0. The molecule has 0 N–H and O–H groups in total. The smallest absolute Gasteiger partial charge is 0.157 e. The highest BCUT2D eigenvalue weighted by Crippen LogP contribution is 2.51. The molecule has 0 aromatic carbocycles. The summed E-state index contributed by atoms with van der Waals surface area (Å²) in [6.07, 6.45) is 0. The van der Waals surface area contributed by atoms with Crippen molar-refractivity contribution in [2.45, 2.75) is 94.7 Å². The lowest BCUT2D eigenvalue weighted by molar-refractivity contribution is 1.28. The van der Waals surface area contributed by atoms with E-state index in [1.807, 2.05) is 0 Å². The van der Waals surface area contributed by atoms with Crippen LogP contribution in [-0.2, 0) is 0 Å². The van der Waals surface area contributed by atoms with E-state index in [0.717, 1.165) is 9.58 Å². The minimum atomic E-state index is -1.48. The van der Waals surface area contributed by atoms with E-state index in [-0.39, 0.29) is 0 Å². The summed E-state index contributed by atoms with van der Waals surface area (Å²) in [4.78, 5) is 2.07. The average molecular weight is 425 g/mol. The van der Waals surface area contributed by atoms with Crippen molar-refractivity contribution >= 4 is 59.3 Å². The zero-order valence-electron chi connectivity index (χ0n) is 17.5. The third-order valence-corrected chi connectivity index (χ3v) is 52.7. The molecular weight excluding hydrogens is 384 g/mol. The van der Waals surface area contributed by atoms with Crippen LogP contribution in [0.3, 0.4) is 0 Å². The van der Waals surface area contributed by atoms with Crippen molar-refractivity contribution in [3.05, 3.63) is 0 Å². The largest absolute Gasteiger partial charge is 0.175 e. The van der Waals surface area contributed by atoms with Crippen LogP contribution in [0.25, 0.3) is 0 Å². The van der Waals surface area contributed by atoms with E-state index in [0.29, 0.717) is 8.35 Å². The normalized spacial score (nSPS) is 15.8. The lowest BCUT2D eigenvalue weighted by atomic mass is 11.6. The minimum Gasteiger partial charge on any atom is -0.175 e. The third kappa shape index (κ3) is 5.56. The molecule has 0 unspecified atom stereocenters. The van der Waals surface area contributed by atoms with Crippen molar-refractivity contribution < 1.29 is 0 Å². The van der Waals surface area contributed by atoms with Gasteiger partial charge in [-0.05, 0) is 0 Å². The van der Waals surface area contributed by atoms with Crippen LogP contribution in [0.4, 0.5) is 0 Å². The molecule has 0 nitrogen and oxygen atoms in total. The summed E-state index contributed by atoms with van der Waals surface area (Å²) in [5, 5.41) is 0. The second-order valence-electron chi connectivity index (χ2n) is 11.7. The SMILES string of the molecule is C[Si](C)(C)C([Si](C)(C)C)[Si](C)([Si]Cl)C([Si](C)(C)C)[Si](C)(C)C. The summed E-state index contributed by atoms with van der Waals surface area (Å²) >= 11 is 6.90. The molecule has 0 bridgehead atoms. The molecule has 0 spiro atoms. The fourth-order valence-electron chi connectivity index (χ4n) is 6.47. The van der Waals surface area contributed by atoms with Crippen LogP contribution in [0.5, 0.6) is 0 Å². The number of halogens is 1. The standard InChI is InChI=1S/C15H41ClSi6/c1-18(2,3)14(19(4,5)6)22(13,17-16)15(20(7,8)9)21(10,11)12/h14-15H,1-13H3. The highest BCUT2D eigenvalue weighted by Gasteiger charge is 2.59. The average Bonchev–Trinajstić information content (AvgIpc) is 2.06. The van der Waals surface area contributed by atoms with Gasteiger partial charge in [-0.25, -0.2) is 0 Å². The lowest BCUT2D eigenvalue weighted by Gasteiger charge is -2.57. The molecule has 7 heteroatoms. The van der Waals surface area contributed by atoms with Crippen LogP contribution in [0.1, 0.15) is 0 Å². The van der Waals surface area contributed by atoms with Gasteiger partial charge in [0.05, 0.1) is 7.59 Å². The Bertz CT molecular complexity index is 309. The van der Waals surface area contributed by atoms with E-state index in [4.69, 9.17) is 11.1 Å². The number of rotatable bonds is 7. The third-order valence-electron chi connectivity index (χ3n) is 4.87. The molecule has 0 atom stereocenters. The van der Waals surface area contributed by atoms with Gasteiger partial charge in [0.2, 0.25) is 0 Å². The summed E-state index contributed by atoms with van der Waals surface area (Å²) in [7, 11) is -5.61. The predicted molar refractivity (Wildman–Crippen MR) is 124 cm³/mol. The van der Waals surface area contributed by atoms with Crippen LogP contribution < -0.4 is 0 Å². The van der Waals surface area contributed by atoms with Gasteiger partial charge in [-0.3, -0.25) is 0 Å². The molecule has 0 saturated carbocycles. The topological polar surface area (TPSA) is 0 Å². The van der Waals surface area contributed by atoms with E-state index >= 15 is 0 Å². The molecule has 0 aliphatic heterocycles. The van der Waals surface area contributed by atoms with Crippen LogP contribution in [-0.4, -0.2) is 48.2 Å². The first-order valence-corrected chi connectivity index (χ1v) is 28.6. The Kier molecular flexibility index (Phi) is 7.58. The van der Waals surface area contributed by atoms with Crippen LogP contribution >= 0.6 is 11.1 Å². The molecule has 0 amide bonds. The first kappa shape index (κ1) is 23.6. The fraction of sp³-hybridized carbons (Fsp3) is 1.00. The quantitative estimate of drug-likeness (QED) is 0.316. The van der Waals surface area contributed by atoms with Crippen molar-refractivity contribution in [2.75, 3.05) is 0 Å². The van der Waals surface area contributed by atoms with E-state index in [9.17, 15) is 0 Å². The molecule has 0 aliphatic carbocycles. The minimum absolute atomic E-state index is 0.707. The van der Waals surface area contributed by atoms with Gasteiger partial charge >= 0.3 is 0 Å². The van der Waals surface area contributed by atoms with E-state index in [1.165, 1.54) is 0 Å². The van der Waals surface area contributed by atoms with Gasteiger partial charge < -0.3 is 0 Å². The van der Waals surface area contributed by atoms with Gasteiger partial charge in [-0.2, -0.15) is 11.1 Å². The van der Waals surface area contributed by atoms with Crippen LogP contribution in [0, 0.1) is 0 Å². The zero-order valence-corrected chi connectivity index (χ0v) is 24.3. The Morgan fingerprint density at radius 1 is 0.500 bits per heavy atom. The van der Waals surface area contributed by atoms with Gasteiger partial charge in [-0.15, -0.1) is 0 Å². The molecule has 132 valence electrons. The first-order valence-electron chi connectivity index (χ1n) is 8.67. The molecule has 0 aliphatic rings. The fourth-order valence-corrected chi connectivity index (χ4v) is 84.7.